The number of esters is 2. The highest BCUT2D eigenvalue weighted by atomic mass is 32.1. The Balaban J connectivity index is 1.69. The van der Waals surface area contributed by atoms with Gasteiger partial charge in [0.2, 0.25) is 0 Å². The van der Waals surface area contributed by atoms with Gasteiger partial charge in [-0.3, -0.25) is 0 Å². The third-order valence-corrected chi connectivity index (χ3v) is 5.48. The molecular formula is C22H24N2O6S. The monoisotopic (exact) mass is 444 g/mol. The summed E-state index contributed by atoms with van der Waals surface area (Å²) in [6.07, 6.45) is 0.910. The van der Waals surface area contributed by atoms with Gasteiger partial charge in [-0.1, -0.05) is 25.1 Å². The van der Waals surface area contributed by atoms with Crippen LogP contribution in [0.25, 0.3) is 0 Å². The van der Waals surface area contributed by atoms with Gasteiger partial charge >= 0.3 is 18.0 Å². The molecule has 0 aliphatic carbocycles. The molecule has 2 N–H and O–H groups in total. The molecule has 2 aromatic rings. The molecule has 2 heterocycles. The van der Waals surface area contributed by atoms with Gasteiger partial charge in [0.05, 0.1) is 23.9 Å². The lowest BCUT2D eigenvalue weighted by Gasteiger charge is -2.28. The summed E-state index contributed by atoms with van der Waals surface area (Å²) in [6.45, 7) is 3.33. The quantitative estimate of drug-likeness (QED) is 0.576. The predicted molar refractivity (Wildman–Crippen MR) is 115 cm³/mol. The van der Waals surface area contributed by atoms with E-state index in [1.165, 1.54) is 11.3 Å². The Morgan fingerprint density at radius 1 is 1.10 bits per heavy atom. The first-order valence-corrected chi connectivity index (χ1v) is 10.8. The highest BCUT2D eigenvalue weighted by Crippen LogP contribution is 2.30. The smallest absolute Gasteiger partial charge is 0.344 e. The molecule has 1 aromatic carbocycles. The van der Waals surface area contributed by atoms with E-state index in [-0.39, 0.29) is 31.1 Å². The van der Waals surface area contributed by atoms with Crippen molar-refractivity contribution in [3.63, 3.8) is 0 Å². The average Bonchev–Trinajstić information content (AvgIpc) is 3.31. The molecule has 1 aromatic heterocycles. The fraction of sp³-hybridized carbons (Fsp3) is 0.318. The summed E-state index contributed by atoms with van der Waals surface area (Å²) in [5, 5.41) is 7.12. The molecule has 1 aliphatic rings. The topological polar surface area (TPSA) is 103 Å². The Labute approximate surface area is 184 Å². The summed E-state index contributed by atoms with van der Waals surface area (Å²) in [7, 11) is 0. The Morgan fingerprint density at radius 3 is 2.52 bits per heavy atom. The van der Waals surface area contributed by atoms with Crippen LogP contribution >= 0.6 is 11.3 Å². The number of thiophene rings is 1. The molecule has 0 saturated heterocycles. The molecule has 164 valence electrons. The van der Waals surface area contributed by atoms with E-state index >= 15 is 0 Å². The molecule has 0 fully saturated rings. The first kappa shape index (κ1) is 22.4. The maximum absolute atomic E-state index is 12.6. The summed E-state index contributed by atoms with van der Waals surface area (Å²) >= 11 is 1.39. The van der Waals surface area contributed by atoms with Crippen molar-refractivity contribution in [2.45, 2.75) is 26.3 Å². The summed E-state index contributed by atoms with van der Waals surface area (Å²) < 4.78 is 15.9. The zero-order valence-corrected chi connectivity index (χ0v) is 18.1. The minimum atomic E-state index is -0.685. The first-order chi connectivity index (χ1) is 15.0. The van der Waals surface area contributed by atoms with E-state index in [0.717, 1.165) is 16.9 Å². The number of hydrogen-bond acceptors (Lipinski definition) is 7. The molecular weight excluding hydrogens is 420 g/mol. The lowest BCUT2D eigenvalue weighted by molar-refractivity contribution is -0.145. The molecule has 9 heteroatoms. The highest BCUT2D eigenvalue weighted by Gasteiger charge is 2.34. The zero-order chi connectivity index (χ0) is 22.2. The summed E-state index contributed by atoms with van der Waals surface area (Å²) in [5.41, 5.74) is 1.55. The van der Waals surface area contributed by atoms with Gasteiger partial charge in [-0.15, -0.1) is 11.3 Å². The second kappa shape index (κ2) is 10.6. The van der Waals surface area contributed by atoms with Crippen molar-refractivity contribution < 1.29 is 28.6 Å². The highest BCUT2D eigenvalue weighted by molar-refractivity contribution is 7.10. The standard InChI is InChI=1S/C22H24N2O6S/c1-3-14-7-9-15(10-8-14)29-13-18(25)30-12-16-19(21(26)28-4-2)20(24-22(27)23-16)17-6-5-11-31-17/h5-11,20H,3-4,12-13H2,1-2H3,(H2,23,24,27). The van der Waals surface area contributed by atoms with Crippen molar-refractivity contribution in [3.05, 3.63) is 63.5 Å². The number of amides is 2. The van der Waals surface area contributed by atoms with Crippen LogP contribution in [0.15, 0.2) is 53.0 Å². The van der Waals surface area contributed by atoms with Crippen LogP contribution in [0.2, 0.25) is 0 Å². The van der Waals surface area contributed by atoms with Gasteiger partial charge in [-0.05, 0) is 42.5 Å². The van der Waals surface area contributed by atoms with Crippen LogP contribution in [0.3, 0.4) is 0 Å². The Hall–Kier alpha value is -3.33. The molecule has 3 rings (SSSR count). The number of urea groups is 1. The summed E-state index contributed by atoms with van der Waals surface area (Å²) in [5.74, 6) is -0.670. The Bertz CT molecular complexity index is 953. The van der Waals surface area contributed by atoms with E-state index in [1.807, 2.05) is 23.6 Å². The fourth-order valence-corrected chi connectivity index (χ4v) is 3.79. The number of ether oxygens (including phenoxy) is 3. The number of carbonyl (C=O) groups is 3. The number of rotatable bonds is 9. The molecule has 1 unspecified atom stereocenters. The number of nitrogens with one attached hydrogen (secondary N) is 2. The maximum Gasteiger partial charge on any atom is 0.344 e. The van der Waals surface area contributed by atoms with E-state index in [0.29, 0.717) is 5.75 Å². The number of benzene rings is 1. The maximum atomic E-state index is 12.6. The molecule has 0 saturated carbocycles. The molecule has 0 bridgehead atoms. The van der Waals surface area contributed by atoms with Crippen molar-refractivity contribution in [2.75, 3.05) is 19.8 Å². The minimum Gasteiger partial charge on any atom is -0.482 e. The molecule has 0 spiro atoms. The third kappa shape index (κ3) is 5.85. The summed E-state index contributed by atoms with van der Waals surface area (Å²) in [6, 6.07) is 9.86. The van der Waals surface area contributed by atoms with Crippen molar-refractivity contribution in [2.24, 2.45) is 0 Å². The predicted octanol–water partition coefficient (Wildman–Crippen LogP) is 3.10. The Morgan fingerprint density at radius 2 is 1.87 bits per heavy atom. The minimum absolute atomic E-state index is 0.172. The van der Waals surface area contributed by atoms with Gasteiger partial charge in [0, 0.05) is 4.88 Å². The van der Waals surface area contributed by atoms with Gasteiger partial charge in [0.25, 0.3) is 0 Å². The van der Waals surface area contributed by atoms with E-state index in [9.17, 15) is 14.4 Å². The van der Waals surface area contributed by atoms with E-state index in [1.54, 1.807) is 25.1 Å². The van der Waals surface area contributed by atoms with Crippen molar-refractivity contribution >= 4 is 29.3 Å². The zero-order valence-electron chi connectivity index (χ0n) is 17.3. The molecule has 1 atom stereocenters. The average molecular weight is 445 g/mol. The van der Waals surface area contributed by atoms with E-state index in [2.05, 4.69) is 17.6 Å². The van der Waals surface area contributed by atoms with Crippen LogP contribution in [0.1, 0.15) is 30.3 Å². The molecule has 0 radical (unpaired) electrons. The number of carbonyl (C=O) groups excluding carboxylic acids is 3. The van der Waals surface area contributed by atoms with Crippen LogP contribution in [0.4, 0.5) is 4.79 Å². The molecule has 31 heavy (non-hydrogen) atoms. The van der Waals surface area contributed by atoms with E-state index < -0.39 is 24.0 Å². The lowest BCUT2D eigenvalue weighted by Crippen LogP contribution is -2.47. The van der Waals surface area contributed by atoms with Gasteiger partial charge in [0.15, 0.2) is 6.61 Å². The molecule has 8 nitrogen and oxygen atoms in total. The molecule has 2 amide bonds. The number of hydrogen-bond donors (Lipinski definition) is 2. The Kier molecular flexibility index (Phi) is 7.66. The van der Waals surface area contributed by atoms with Crippen LogP contribution in [0, 0.1) is 0 Å². The van der Waals surface area contributed by atoms with Crippen LogP contribution < -0.4 is 15.4 Å². The third-order valence-electron chi connectivity index (χ3n) is 4.54. The SMILES string of the molecule is CCOC(=O)C1=C(COC(=O)COc2ccc(CC)cc2)NC(=O)NC1c1cccs1. The van der Waals surface area contributed by atoms with Crippen LogP contribution in [-0.2, 0) is 25.5 Å². The van der Waals surface area contributed by atoms with Crippen LogP contribution in [-0.4, -0.2) is 37.8 Å². The van der Waals surface area contributed by atoms with Crippen LogP contribution in [0.5, 0.6) is 5.75 Å². The summed E-state index contributed by atoms with van der Waals surface area (Å²) in [4.78, 5) is 37.7. The molecule has 1 aliphatic heterocycles. The van der Waals surface area contributed by atoms with Crippen molar-refractivity contribution in [1.82, 2.24) is 10.6 Å². The fourth-order valence-electron chi connectivity index (χ4n) is 3.01. The second-order valence-corrected chi connectivity index (χ2v) is 7.59. The van der Waals surface area contributed by atoms with Gasteiger partial charge in [0.1, 0.15) is 12.4 Å². The van der Waals surface area contributed by atoms with Gasteiger partial charge in [-0.25, -0.2) is 14.4 Å². The van der Waals surface area contributed by atoms with Gasteiger partial charge in [-0.2, -0.15) is 0 Å². The lowest BCUT2D eigenvalue weighted by atomic mass is 10.0. The first-order valence-electron chi connectivity index (χ1n) is 9.90. The van der Waals surface area contributed by atoms with Gasteiger partial charge < -0.3 is 24.8 Å². The van der Waals surface area contributed by atoms with Crippen molar-refractivity contribution in [3.8, 4) is 5.75 Å². The largest absolute Gasteiger partial charge is 0.482 e. The van der Waals surface area contributed by atoms with Crippen molar-refractivity contribution in [1.29, 1.82) is 0 Å². The number of aryl methyl sites for hydroxylation is 1. The normalized spacial score (nSPS) is 15.7. The van der Waals surface area contributed by atoms with E-state index in [4.69, 9.17) is 14.2 Å². The second-order valence-electron chi connectivity index (χ2n) is 6.61.